The lowest BCUT2D eigenvalue weighted by atomic mass is 10.2. The van der Waals surface area contributed by atoms with Gasteiger partial charge in [-0.15, -0.1) is 11.3 Å². The lowest BCUT2D eigenvalue weighted by Gasteiger charge is -2.24. The molecule has 1 N–H and O–H groups in total. The molecule has 0 aliphatic carbocycles. The Kier molecular flexibility index (Phi) is 4.86. The van der Waals surface area contributed by atoms with E-state index in [1.54, 1.807) is 18.4 Å². The Bertz CT molecular complexity index is 670. The fourth-order valence-corrected chi connectivity index (χ4v) is 3.95. The minimum Gasteiger partial charge on any atom is -0.495 e. The van der Waals surface area contributed by atoms with Crippen molar-refractivity contribution < 1.29 is 9.53 Å². The molecule has 1 amide bonds. The minimum absolute atomic E-state index is 0.143. The molecule has 5 heteroatoms. The molecule has 0 spiro atoms. The summed E-state index contributed by atoms with van der Waals surface area (Å²) in [5.74, 6) is 0.907. The highest BCUT2D eigenvalue weighted by Crippen LogP contribution is 2.34. The van der Waals surface area contributed by atoms with E-state index in [0.29, 0.717) is 6.54 Å². The van der Waals surface area contributed by atoms with Crippen LogP contribution >= 0.6 is 11.3 Å². The highest BCUT2D eigenvalue weighted by Gasteiger charge is 2.30. The zero-order valence-electron chi connectivity index (χ0n) is 13.5. The number of hydrogen-bond donors (Lipinski definition) is 1. The Labute approximate surface area is 141 Å². The van der Waals surface area contributed by atoms with Crippen LogP contribution < -0.4 is 10.1 Å². The van der Waals surface area contributed by atoms with E-state index in [0.717, 1.165) is 36.4 Å². The fraction of sp³-hybridized carbons (Fsp3) is 0.389. The van der Waals surface area contributed by atoms with Gasteiger partial charge in [-0.25, -0.2) is 0 Å². The second-order valence-corrected chi connectivity index (χ2v) is 6.80. The molecule has 1 aliphatic rings. The van der Waals surface area contributed by atoms with Crippen molar-refractivity contribution in [1.29, 1.82) is 0 Å². The molecular weight excluding hydrogens is 308 g/mol. The van der Waals surface area contributed by atoms with E-state index in [-0.39, 0.29) is 11.9 Å². The van der Waals surface area contributed by atoms with Crippen LogP contribution in [0.3, 0.4) is 0 Å². The number of thiophene rings is 1. The van der Waals surface area contributed by atoms with Crippen LogP contribution in [-0.2, 0) is 4.79 Å². The van der Waals surface area contributed by atoms with Crippen molar-refractivity contribution >= 4 is 22.9 Å². The standard InChI is InChI=1S/C18H22N2O2S/c1-13-7-8-16(22-2)14(11-13)19-12-18(21)20-9-3-5-15(20)17-6-4-10-23-17/h4,6-8,10-11,15,19H,3,5,9,12H2,1-2H3. The lowest BCUT2D eigenvalue weighted by molar-refractivity contribution is -0.130. The molecule has 122 valence electrons. The number of methoxy groups -OCH3 is 1. The third-order valence-electron chi connectivity index (χ3n) is 4.23. The van der Waals surface area contributed by atoms with Gasteiger partial charge in [0.25, 0.3) is 0 Å². The number of rotatable bonds is 5. The molecule has 1 aromatic heterocycles. The van der Waals surface area contributed by atoms with Crippen molar-refractivity contribution in [3.8, 4) is 5.75 Å². The third kappa shape index (κ3) is 3.50. The van der Waals surface area contributed by atoms with Gasteiger partial charge in [0.2, 0.25) is 5.91 Å². The van der Waals surface area contributed by atoms with E-state index < -0.39 is 0 Å². The zero-order valence-corrected chi connectivity index (χ0v) is 14.4. The lowest BCUT2D eigenvalue weighted by Crippen LogP contribution is -2.34. The first-order valence-electron chi connectivity index (χ1n) is 7.90. The molecule has 1 fully saturated rings. The molecule has 23 heavy (non-hydrogen) atoms. The van der Waals surface area contributed by atoms with Crippen LogP contribution in [0.25, 0.3) is 0 Å². The predicted molar refractivity (Wildman–Crippen MR) is 94.2 cm³/mol. The van der Waals surface area contributed by atoms with Crippen molar-refractivity contribution in [3.63, 3.8) is 0 Å². The van der Waals surface area contributed by atoms with Gasteiger partial charge in [-0.2, -0.15) is 0 Å². The molecule has 1 aromatic carbocycles. The first kappa shape index (κ1) is 15.9. The second kappa shape index (κ2) is 7.04. The molecule has 1 saturated heterocycles. The number of nitrogens with zero attached hydrogens (tertiary/aromatic N) is 1. The van der Waals surface area contributed by atoms with Crippen LogP contribution in [0.1, 0.15) is 29.3 Å². The average molecular weight is 330 g/mol. The maximum atomic E-state index is 12.6. The number of benzene rings is 1. The van der Waals surface area contributed by atoms with Crippen LogP contribution in [0, 0.1) is 6.92 Å². The van der Waals surface area contributed by atoms with Crippen LogP contribution in [0.2, 0.25) is 0 Å². The zero-order chi connectivity index (χ0) is 16.2. The number of amides is 1. The highest BCUT2D eigenvalue weighted by molar-refractivity contribution is 7.10. The minimum atomic E-state index is 0.143. The Morgan fingerprint density at radius 3 is 3.04 bits per heavy atom. The normalized spacial score (nSPS) is 17.3. The number of hydrogen-bond acceptors (Lipinski definition) is 4. The van der Waals surface area contributed by atoms with Gasteiger partial charge in [-0.3, -0.25) is 4.79 Å². The van der Waals surface area contributed by atoms with E-state index in [1.165, 1.54) is 4.88 Å². The van der Waals surface area contributed by atoms with E-state index in [9.17, 15) is 4.79 Å². The molecule has 1 unspecified atom stereocenters. The van der Waals surface area contributed by atoms with E-state index in [2.05, 4.69) is 22.8 Å². The van der Waals surface area contributed by atoms with Crippen LogP contribution in [0.4, 0.5) is 5.69 Å². The Morgan fingerprint density at radius 1 is 1.43 bits per heavy atom. The number of carbonyl (C=O) groups is 1. The van der Waals surface area contributed by atoms with E-state index in [4.69, 9.17) is 4.74 Å². The fourth-order valence-electron chi connectivity index (χ4n) is 3.07. The van der Waals surface area contributed by atoms with Gasteiger partial charge in [-0.1, -0.05) is 12.1 Å². The number of anilines is 1. The summed E-state index contributed by atoms with van der Waals surface area (Å²) in [6.07, 6.45) is 2.13. The van der Waals surface area contributed by atoms with Crippen molar-refractivity contribution in [2.45, 2.75) is 25.8 Å². The highest BCUT2D eigenvalue weighted by atomic mass is 32.1. The molecule has 0 bridgehead atoms. The molecular formula is C18H22N2O2S. The van der Waals surface area contributed by atoms with Gasteiger partial charge in [-0.05, 0) is 48.9 Å². The van der Waals surface area contributed by atoms with Gasteiger partial charge in [0.1, 0.15) is 5.75 Å². The number of likely N-dealkylation sites (tertiary alicyclic amines) is 1. The smallest absolute Gasteiger partial charge is 0.242 e. The quantitative estimate of drug-likeness (QED) is 0.905. The van der Waals surface area contributed by atoms with Gasteiger partial charge in [0, 0.05) is 11.4 Å². The van der Waals surface area contributed by atoms with Crippen LogP contribution in [0.15, 0.2) is 35.7 Å². The topological polar surface area (TPSA) is 41.6 Å². The van der Waals surface area contributed by atoms with Crippen LogP contribution in [-0.4, -0.2) is 31.0 Å². The van der Waals surface area contributed by atoms with E-state index in [1.807, 2.05) is 30.0 Å². The van der Waals surface area contributed by atoms with Gasteiger partial charge >= 0.3 is 0 Å². The molecule has 0 saturated carbocycles. The molecule has 2 aromatic rings. The summed E-state index contributed by atoms with van der Waals surface area (Å²) in [6.45, 7) is 3.16. The van der Waals surface area contributed by atoms with Crippen molar-refractivity contribution in [3.05, 3.63) is 46.2 Å². The summed E-state index contributed by atoms with van der Waals surface area (Å²) >= 11 is 1.73. The van der Waals surface area contributed by atoms with Gasteiger partial charge in [0.15, 0.2) is 0 Å². The predicted octanol–water partition coefficient (Wildman–Crippen LogP) is 3.84. The van der Waals surface area contributed by atoms with Gasteiger partial charge < -0.3 is 15.0 Å². The molecule has 4 nitrogen and oxygen atoms in total. The Balaban J connectivity index is 1.66. The Hall–Kier alpha value is -2.01. The van der Waals surface area contributed by atoms with Crippen molar-refractivity contribution in [2.75, 3.05) is 25.5 Å². The number of ether oxygens (including phenoxy) is 1. The third-order valence-corrected chi connectivity index (χ3v) is 5.20. The molecule has 1 atom stereocenters. The van der Waals surface area contributed by atoms with E-state index >= 15 is 0 Å². The molecule has 0 radical (unpaired) electrons. The first-order valence-corrected chi connectivity index (χ1v) is 8.78. The summed E-state index contributed by atoms with van der Waals surface area (Å²) in [6, 6.07) is 10.3. The molecule has 1 aliphatic heterocycles. The number of nitrogens with one attached hydrogen (secondary N) is 1. The summed E-state index contributed by atoms with van der Waals surface area (Å²) in [4.78, 5) is 15.9. The molecule has 3 rings (SSSR count). The SMILES string of the molecule is COc1ccc(C)cc1NCC(=O)N1CCCC1c1cccs1. The molecule has 2 heterocycles. The van der Waals surface area contributed by atoms with Crippen LogP contribution in [0.5, 0.6) is 5.75 Å². The summed E-state index contributed by atoms with van der Waals surface area (Å²) in [5, 5.41) is 5.31. The Morgan fingerprint density at radius 2 is 2.30 bits per heavy atom. The second-order valence-electron chi connectivity index (χ2n) is 5.82. The van der Waals surface area contributed by atoms with Gasteiger partial charge in [0.05, 0.1) is 25.4 Å². The van der Waals surface area contributed by atoms with Crippen molar-refractivity contribution in [2.24, 2.45) is 0 Å². The summed E-state index contributed by atoms with van der Waals surface area (Å²) in [5.41, 5.74) is 2.01. The number of carbonyl (C=O) groups excluding carboxylic acids is 1. The largest absolute Gasteiger partial charge is 0.495 e. The first-order chi connectivity index (χ1) is 11.2. The number of aryl methyl sites for hydroxylation is 1. The monoisotopic (exact) mass is 330 g/mol. The maximum absolute atomic E-state index is 12.6. The summed E-state index contributed by atoms with van der Waals surface area (Å²) < 4.78 is 5.35. The summed E-state index contributed by atoms with van der Waals surface area (Å²) in [7, 11) is 1.64. The van der Waals surface area contributed by atoms with Crippen molar-refractivity contribution in [1.82, 2.24) is 4.90 Å². The maximum Gasteiger partial charge on any atom is 0.242 e. The average Bonchev–Trinajstić information content (AvgIpc) is 3.23.